The van der Waals surface area contributed by atoms with E-state index in [2.05, 4.69) is 11.7 Å². The first-order valence-corrected chi connectivity index (χ1v) is 9.95. The van der Waals surface area contributed by atoms with E-state index >= 15 is 0 Å². The lowest BCUT2D eigenvalue weighted by atomic mass is 10.0. The molecule has 0 aromatic rings. The molecule has 1 unspecified atom stereocenters. The Morgan fingerprint density at radius 1 is 0.783 bits per heavy atom. The van der Waals surface area contributed by atoms with E-state index in [1.807, 2.05) is 0 Å². The minimum Gasteiger partial charge on any atom is -0.469 e. The van der Waals surface area contributed by atoms with Crippen molar-refractivity contribution in [1.29, 1.82) is 0 Å². The number of hydrogen-bond acceptors (Lipinski definition) is 3. The van der Waals surface area contributed by atoms with Crippen LogP contribution < -0.4 is 0 Å². The summed E-state index contributed by atoms with van der Waals surface area (Å²) in [6.45, 7) is 2.24. The normalized spacial score (nSPS) is 12.3. The van der Waals surface area contributed by atoms with E-state index in [1.165, 1.54) is 71.3 Å². The first kappa shape index (κ1) is 22.4. The van der Waals surface area contributed by atoms with Crippen LogP contribution in [0, 0.1) is 0 Å². The van der Waals surface area contributed by atoms with Crippen LogP contribution in [0.2, 0.25) is 0 Å². The molecule has 1 atom stereocenters. The van der Waals surface area contributed by atoms with Gasteiger partial charge in [0.15, 0.2) is 0 Å². The number of aliphatic hydroxyl groups excluding tert-OH is 1. The summed E-state index contributed by atoms with van der Waals surface area (Å²) in [7, 11) is 1.45. The summed E-state index contributed by atoms with van der Waals surface area (Å²) >= 11 is 0. The Hall–Kier alpha value is -0.570. The maximum Gasteiger partial charge on any atom is 0.305 e. The quantitative estimate of drug-likeness (QED) is 0.272. The Kier molecular flexibility index (Phi) is 17.3. The van der Waals surface area contributed by atoms with Gasteiger partial charge in [-0.05, 0) is 19.3 Å². The number of aliphatic hydroxyl groups is 1. The smallest absolute Gasteiger partial charge is 0.305 e. The largest absolute Gasteiger partial charge is 0.469 e. The number of carbonyl (C=O) groups excluding carboxylic acids is 1. The fourth-order valence-corrected chi connectivity index (χ4v) is 2.94. The first-order chi connectivity index (χ1) is 11.2. The zero-order chi connectivity index (χ0) is 17.2. The Bertz CT molecular complexity index is 253. The molecular formula is C20H40O3. The van der Waals surface area contributed by atoms with Crippen LogP contribution in [0.25, 0.3) is 0 Å². The summed E-state index contributed by atoms with van der Waals surface area (Å²) in [5.74, 6) is -0.0932. The maximum absolute atomic E-state index is 10.9. The molecule has 0 aliphatic heterocycles. The molecule has 0 spiro atoms. The van der Waals surface area contributed by atoms with Crippen LogP contribution in [-0.2, 0) is 9.53 Å². The van der Waals surface area contributed by atoms with Crippen LogP contribution in [0.3, 0.4) is 0 Å². The van der Waals surface area contributed by atoms with Gasteiger partial charge in [0.05, 0.1) is 13.2 Å². The standard InChI is InChI=1S/C20H40O3/c1-3-4-5-6-10-13-16-19(21)17-14-11-8-7-9-12-15-18-20(22)23-2/h19,21H,3-18H2,1-2H3. The van der Waals surface area contributed by atoms with E-state index in [0.29, 0.717) is 6.42 Å². The van der Waals surface area contributed by atoms with Crippen LogP contribution in [0.1, 0.15) is 110 Å². The summed E-state index contributed by atoms with van der Waals surface area (Å²) in [5, 5.41) is 9.96. The Morgan fingerprint density at radius 3 is 1.70 bits per heavy atom. The minimum atomic E-state index is -0.0932. The van der Waals surface area contributed by atoms with Gasteiger partial charge in [-0.15, -0.1) is 0 Å². The van der Waals surface area contributed by atoms with Crippen molar-refractivity contribution in [3.05, 3.63) is 0 Å². The second-order valence-electron chi connectivity index (χ2n) is 6.80. The molecule has 0 saturated carbocycles. The molecule has 0 aromatic carbocycles. The first-order valence-electron chi connectivity index (χ1n) is 9.95. The zero-order valence-electron chi connectivity index (χ0n) is 15.7. The molecule has 0 aliphatic rings. The summed E-state index contributed by atoms with van der Waals surface area (Å²) in [5.41, 5.74) is 0. The van der Waals surface area contributed by atoms with Crippen LogP contribution >= 0.6 is 0 Å². The van der Waals surface area contributed by atoms with E-state index in [4.69, 9.17) is 0 Å². The SMILES string of the molecule is CCCCCCCCC(O)CCCCCCCCCC(=O)OC. The fourth-order valence-electron chi connectivity index (χ4n) is 2.94. The topological polar surface area (TPSA) is 46.5 Å². The highest BCUT2D eigenvalue weighted by Crippen LogP contribution is 2.14. The molecule has 138 valence electrons. The van der Waals surface area contributed by atoms with Gasteiger partial charge in [-0.1, -0.05) is 84.0 Å². The summed E-state index contributed by atoms with van der Waals surface area (Å²) in [4.78, 5) is 10.9. The lowest BCUT2D eigenvalue weighted by Gasteiger charge is -2.10. The van der Waals surface area contributed by atoms with Crippen molar-refractivity contribution in [3.63, 3.8) is 0 Å². The van der Waals surface area contributed by atoms with Crippen molar-refractivity contribution in [2.75, 3.05) is 7.11 Å². The third-order valence-corrected chi connectivity index (χ3v) is 4.54. The molecule has 3 nitrogen and oxygen atoms in total. The molecule has 0 bridgehead atoms. The highest BCUT2D eigenvalue weighted by molar-refractivity contribution is 5.68. The van der Waals surface area contributed by atoms with Gasteiger partial charge in [-0.25, -0.2) is 0 Å². The van der Waals surface area contributed by atoms with Crippen molar-refractivity contribution in [1.82, 2.24) is 0 Å². The van der Waals surface area contributed by atoms with E-state index < -0.39 is 0 Å². The molecule has 0 aliphatic carbocycles. The van der Waals surface area contributed by atoms with Crippen molar-refractivity contribution < 1.29 is 14.6 Å². The molecular weight excluding hydrogens is 288 g/mol. The molecule has 0 aromatic heterocycles. The average molecular weight is 329 g/mol. The van der Waals surface area contributed by atoms with Gasteiger partial charge in [0, 0.05) is 6.42 Å². The number of unbranched alkanes of at least 4 members (excludes halogenated alkanes) is 11. The zero-order valence-corrected chi connectivity index (χ0v) is 15.7. The van der Waals surface area contributed by atoms with E-state index in [0.717, 1.165) is 32.1 Å². The Morgan fingerprint density at radius 2 is 1.22 bits per heavy atom. The maximum atomic E-state index is 10.9. The summed E-state index contributed by atoms with van der Waals surface area (Å²) in [6.07, 6.45) is 18.4. The molecule has 0 rings (SSSR count). The Labute approximate surface area is 144 Å². The monoisotopic (exact) mass is 328 g/mol. The lowest BCUT2D eigenvalue weighted by Crippen LogP contribution is -2.05. The Balaban J connectivity index is 3.17. The molecule has 0 radical (unpaired) electrons. The summed E-state index contributed by atoms with van der Waals surface area (Å²) in [6, 6.07) is 0. The van der Waals surface area contributed by atoms with E-state index in [9.17, 15) is 9.90 Å². The predicted octanol–water partition coefficient (Wildman–Crippen LogP) is 5.78. The second kappa shape index (κ2) is 17.8. The lowest BCUT2D eigenvalue weighted by molar-refractivity contribution is -0.140. The second-order valence-corrected chi connectivity index (χ2v) is 6.80. The molecule has 3 heteroatoms. The average Bonchev–Trinajstić information content (AvgIpc) is 2.56. The third-order valence-electron chi connectivity index (χ3n) is 4.54. The number of ether oxygens (including phenoxy) is 1. The minimum absolute atomic E-state index is 0.0822. The molecule has 0 amide bonds. The molecule has 0 saturated heterocycles. The molecule has 0 fully saturated rings. The van der Waals surface area contributed by atoms with Crippen molar-refractivity contribution in [2.45, 2.75) is 116 Å². The van der Waals surface area contributed by atoms with Gasteiger partial charge in [0.2, 0.25) is 0 Å². The van der Waals surface area contributed by atoms with Crippen molar-refractivity contribution >= 4 is 5.97 Å². The van der Waals surface area contributed by atoms with Gasteiger partial charge in [-0.2, -0.15) is 0 Å². The van der Waals surface area contributed by atoms with Crippen LogP contribution in [0.5, 0.6) is 0 Å². The number of carbonyl (C=O) groups is 1. The number of esters is 1. The number of hydrogen-bond donors (Lipinski definition) is 1. The van der Waals surface area contributed by atoms with Crippen LogP contribution in [0.4, 0.5) is 0 Å². The van der Waals surface area contributed by atoms with Crippen molar-refractivity contribution in [2.24, 2.45) is 0 Å². The molecule has 1 N–H and O–H groups in total. The highest BCUT2D eigenvalue weighted by Gasteiger charge is 2.04. The van der Waals surface area contributed by atoms with Gasteiger partial charge >= 0.3 is 5.97 Å². The van der Waals surface area contributed by atoms with Crippen LogP contribution in [0.15, 0.2) is 0 Å². The van der Waals surface area contributed by atoms with Gasteiger partial charge in [0.25, 0.3) is 0 Å². The highest BCUT2D eigenvalue weighted by atomic mass is 16.5. The van der Waals surface area contributed by atoms with Gasteiger partial charge in [0.1, 0.15) is 0 Å². The summed E-state index contributed by atoms with van der Waals surface area (Å²) < 4.78 is 4.62. The molecule has 0 heterocycles. The van der Waals surface area contributed by atoms with Crippen molar-refractivity contribution in [3.8, 4) is 0 Å². The third kappa shape index (κ3) is 17.6. The number of methoxy groups -OCH3 is 1. The van der Waals surface area contributed by atoms with E-state index in [1.54, 1.807) is 0 Å². The van der Waals surface area contributed by atoms with Gasteiger partial charge < -0.3 is 9.84 Å². The van der Waals surface area contributed by atoms with E-state index in [-0.39, 0.29) is 12.1 Å². The predicted molar refractivity (Wildman–Crippen MR) is 97.6 cm³/mol. The van der Waals surface area contributed by atoms with Gasteiger partial charge in [-0.3, -0.25) is 4.79 Å². The van der Waals surface area contributed by atoms with Crippen LogP contribution in [-0.4, -0.2) is 24.3 Å². The molecule has 23 heavy (non-hydrogen) atoms. The fraction of sp³-hybridized carbons (Fsp3) is 0.950. The number of rotatable bonds is 17.